The fourth-order valence-corrected chi connectivity index (χ4v) is 3.52. The Morgan fingerprint density at radius 1 is 1.38 bits per heavy atom. The number of rotatable bonds is 7. The summed E-state index contributed by atoms with van der Waals surface area (Å²) < 4.78 is 0. The number of hydrogen-bond donors (Lipinski definition) is 4. The molecular weight excluding hydrogens is 370 g/mol. The Morgan fingerprint density at radius 2 is 2.00 bits per heavy atom. The van der Waals surface area contributed by atoms with Crippen molar-refractivity contribution < 1.29 is 19.8 Å². The van der Waals surface area contributed by atoms with E-state index in [2.05, 4.69) is 11.2 Å². The summed E-state index contributed by atoms with van der Waals surface area (Å²) in [6.45, 7) is 5.42. The monoisotopic (exact) mass is 401 g/mol. The van der Waals surface area contributed by atoms with Gasteiger partial charge in [0.2, 0.25) is 11.8 Å². The second-order valence-electron chi connectivity index (χ2n) is 8.33. The molecule has 1 saturated heterocycles. The van der Waals surface area contributed by atoms with Gasteiger partial charge in [-0.1, -0.05) is 31.9 Å². The van der Waals surface area contributed by atoms with Crippen LogP contribution < -0.4 is 11.1 Å². The fourth-order valence-electron chi connectivity index (χ4n) is 3.52. The molecule has 7 heteroatoms. The van der Waals surface area contributed by atoms with Crippen LogP contribution in [0.25, 0.3) is 0 Å². The van der Waals surface area contributed by atoms with E-state index < -0.39 is 29.5 Å². The molecule has 0 saturated carbocycles. The minimum Gasteiger partial charge on any atom is -0.396 e. The van der Waals surface area contributed by atoms with Crippen LogP contribution in [0.5, 0.6) is 0 Å². The zero-order valence-corrected chi connectivity index (χ0v) is 17.3. The van der Waals surface area contributed by atoms with E-state index in [0.717, 1.165) is 11.1 Å². The number of terminal acetylenes is 1. The van der Waals surface area contributed by atoms with Gasteiger partial charge in [0.15, 0.2) is 0 Å². The van der Waals surface area contributed by atoms with Gasteiger partial charge in [0.1, 0.15) is 6.04 Å². The number of nitrogens with two attached hydrogens (primary N) is 1. The number of likely N-dealkylation sites (tertiary alicyclic amines) is 1. The molecule has 0 radical (unpaired) electrons. The molecule has 0 aromatic heterocycles. The SMILES string of the molecule is C#Cc1ccc([C@H](C)NC(=O)[C@@H]2C[C@@H](O)CN2C(=O)[C@@H](N)C(C)(C)CCO)cc1. The van der Waals surface area contributed by atoms with Crippen LogP contribution in [0.3, 0.4) is 0 Å². The summed E-state index contributed by atoms with van der Waals surface area (Å²) in [7, 11) is 0. The summed E-state index contributed by atoms with van der Waals surface area (Å²) in [5.41, 5.74) is 7.16. The molecule has 1 fully saturated rings. The Morgan fingerprint density at radius 3 is 2.55 bits per heavy atom. The van der Waals surface area contributed by atoms with E-state index >= 15 is 0 Å². The quantitative estimate of drug-likeness (QED) is 0.498. The normalized spacial score (nSPS) is 21.3. The Hall–Kier alpha value is -2.40. The van der Waals surface area contributed by atoms with Gasteiger partial charge in [0, 0.05) is 25.1 Å². The summed E-state index contributed by atoms with van der Waals surface area (Å²) in [5.74, 6) is 1.81. The lowest BCUT2D eigenvalue weighted by atomic mass is 9.81. The van der Waals surface area contributed by atoms with Crippen molar-refractivity contribution in [3.63, 3.8) is 0 Å². The summed E-state index contributed by atoms with van der Waals surface area (Å²) in [6.07, 6.45) is 5.10. The third kappa shape index (κ3) is 5.36. The van der Waals surface area contributed by atoms with Gasteiger partial charge in [-0.2, -0.15) is 0 Å². The molecule has 5 N–H and O–H groups in total. The third-order valence-corrected chi connectivity index (χ3v) is 5.66. The number of carbonyl (C=O) groups is 2. The predicted octanol–water partition coefficient (Wildman–Crippen LogP) is 0.543. The lowest BCUT2D eigenvalue weighted by molar-refractivity contribution is -0.141. The highest BCUT2D eigenvalue weighted by atomic mass is 16.3. The highest BCUT2D eigenvalue weighted by Gasteiger charge is 2.43. The van der Waals surface area contributed by atoms with E-state index in [1.165, 1.54) is 4.90 Å². The topological polar surface area (TPSA) is 116 Å². The van der Waals surface area contributed by atoms with Crippen molar-refractivity contribution in [3.8, 4) is 12.3 Å². The number of β-amino-alcohol motifs (C(OH)–C–C–N with tert-alkyl or cyclic N) is 1. The van der Waals surface area contributed by atoms with Crippen LogP contribution >= 0.6 is 0 Å². The van der Waals surface area contributed by atoms with Crippen LogP contribution in [0.1, 0.15) is 50.8 Å². The predicted molar refractivity (Wildman–Crippen MR) is 111 cm³/mol. The lowest BCUT2D eigenvalue weighted by Gasteiger charge is -2.34. The van der Waals surface area contributed by atoms with Gasteiger partial charge in [-0.25, -0.2) is 0 Å². The zero-order chi connectivity index (χ0) is 21.8. The van der Waals surface area contributed by atoms with Crippen molar-refractivity contribution in [1.82, 2.24) is 10.2 Å². The number of hydrogen-bond acceptors (Lipinski definition) is 5. The van der Waals surface area contributed by atoms with Crippen molar-refractivity contribution in [2.45, 2.75) is 57.8 Å². The highest BCUT2D eigenvalue weighted by Crippen LogP contribution is 2.28. The van der Waals surface area contributed by atoms with E-state index in [1.54, 1.807) is 26.0 Å². The van der Waals surface area contributed by atoms with Crippen LogP contribution in [-0.2, 0) is 9.59 Å². The van der Waals surface area contributed by atoms with E-state index in [9.17, 15) is 19.8 Å². The molecule has 1 heterocycles. The molecule has 29 heavy (non-hydrogen) atoms. The maximum atomic E-state index is 13.0. The minimum absolute atomic E-state index is 0.0606. The van der Waals surface area contributed by atoms with Crippen LogP contribution in [0.15, 0.2) is 24.3 Å². The van der Waals surface area contributed by atoms with Crippen molar-refractivity contribution in [3.05, 3.63) is 35.4 Å². The number of aliphatic hydroxyl groups is 2. The standard InChI is InChI=1S/C22H31N3O4/c1-5-15-6-8-16(9-7-15)14(2)24-20(28)18-12-17(27)13-25(18)21(29)19(23)22(3,4)10-11-26/h1,6-9,14,17-19,26-27H,10-13,23H2,2-4H3,(H,24,28)/t14-,17+,18-,19+/m0/s1. The van der Waals surface area contributed by atoms with Crippen LogP contribution in [0.2, 0.25) is 0 Å². The average Bonchev–Trinajstić information content (AvgIpc) is 3.08. The molecule has 1 aliphatic heterocycles. The number of aliphatic hydroxyl groups excluding tert-OH is 2. The van der Waals surface area contributed by atoms with Gasteiger partial charge in [0.25, 0.3) is 0 Å². The van der Waals surface area contributed by atoms with Crippen molar-refractivity contribution in [2.75, 3.05) is 13.2 Å². The van der Waals surface area contributed by atoms with Gasteiger partial charge in [-0.3, -0.25) is 9.59 Å². The maximum absolute atomic E-state index is 13.0. The van der Waals surface area contributed by atoms with Gasteiger partial charge < -0.3 is 26.2 Å². The van der Waals surface area contributed by atoms with Crippen molar-refractivity contribution in [2.24, 2.45) is 11.1 Å². The van der Waals surface area contributed by atoms with Gasteiger partial charge in [0.05, 0.1) is 18.2 Å². The number of carbonyl (C=O) groups excluding carboxylic acids is 2. The molecule has 0 unspecified atom stereocenters. The Labute approximate surface area is 172 Å². The molecule has 7 nitrogen and oxygen atoms in total. The maximum Gasteiger partial charge on any atom is 0.243 e. The van der Waals surface area contributed by atoms with Crippen molar-refractivity contribution >= 4 is 11.8 Å². The number of amides is 2. The van der Waals surface area contributed by atoms with E-state index in [-0.39, 0.29) is 31.5 Å². The molecule has 0 spiro atoms. The van der Waals surface area contributed by atoms with E-state index in [0.29, 0.717) is 6.42 Å². The Bertz CT molecular complexity index is 769. The van der Waals surface area contributed by atoms with E-state index in [1.807, 2.05) is 19.1 Å². The molecule has 4 atom stereocenters. The smallest absolute Gasteiger partial charge is 0.243 e. The number of benzene rings is 1. The van der Waals surface area contributed by atoms with Crippen molar-refractivity contribution in [1.29, 1.82) is 0 Å². The first-order chi connectivity index (χ1) is 13.6. The fraction of sp³-hybridized carbons (Fsp3) is 0.545. The number of nitrogens with zero attached hydrogens (tertiary/aromatic N) is 1. The average molecular weight is 402 g/mol. The van der Waals surface area contributed by atoms with Gasteiger partial charge >= 0.3 is 0 Å². The first-order valence-corrected chi connectivity index (χ1v) is 9.82. The first-order valence-electron chi connectivity index (χ1n) is 9.82. The van der Waals surface area contributed by atoms with Crippen LogP contribution in [-0.4, -0.2) is 58.3 Å². The van der Waals surface area contributed by atoms with Gasteiger partial charge in [-0.15, -0.1) is 6.42 Å². The first kappa shape index (κ1) is 22.9. The lowest BCUT2D eigenvalue weighted by Crippen LogP contribution is -2.55. The van der Waals surface area contributed by atoms with Crippen LogP contribution in [0, 0.1) is 17.8 Å². The largest absolute Gasteiger partial charge is 0.396 e. The molecular formula is C22H31N3O4. The molecule has 0 bridgehead atoms. The summed E-state index contributed by atoms with van der Waals surface area (Å²) in [6, 6.07) is 5.33. The second kappa shape index (κ2) is 9.40. The number of nitrogens with one attached hydrogen (secondary N) is 1. The summed E-state index contributed by atoms with van der Waals surface area (Å²) in [4.78, 5) is 27.2. The highest BCUT2D eigenvalue weighted by molar-refractivity contribution is 5.91. The summed E-state index contributed by atoms with van der Waals surface area (Å²) >= 11 is 0. The molecule has 1 aliphatic rings. The minimum atomic E-state index is -0.885. The molecule has 2 amide bonds. The Kier molecular flexibility index (Phi) is 7.42. The third-order valence-electron chi connectivity index (χ3n) is 5.66. The molecule has 158 valence electrons. The molecule has 2 rings (SSSR count). The van der Waals surface area contributed by atoms with Crippen LogP contribution in [0.4, 0.5) is 0 Å². The molecule has 1 aromatic carbocycles. The Balaban J connectivity index is 2.11. The molecule has 1 aromatic rings. The summed E-state index contributed by atoms with van der Waals surface area (Å²) in [5, 5.41) is 22.2. The zero-order valence-electron chi connectivity index (χ0n) is 17.3. The second-order valence-corrected chi connectivity index (χ2v) is 8.33. The van der Waals surface area contributed by atoms with Gasteiger partial charge in [-0.05, 0) is 36.5 Å². The molecule has 0 aliphatic carbocycles. The van der Waals surface area contributed by atoms with E-state index in [4.69, 9.17) is 12.2 Å².